The normalized spacial score (nSPS) is 12.3. The zero-order chi connectivity index (χ0) is 12.8. The van der Waals surface area contributed by atoms with Crippen molar-refractivity contribution in [3.05, 3.63) is 64.1 Å². The SMILES string of the molecule is Brc1ccc(-c2n[nH]c3c2Cc2ccccc2-3)cc1. The summed E-state index contributed by atoms with van der Waals surface area (Å²) < 4.78 is 1.09. The van der Waals surface area contributed by atoms with Crippen LogP contribution in [-0.4, -0.2) is 10.2 Å². The fourth-order valence-electron chi connectivity index (χ4n) is 2.72. The second kappa shape index (κ2) is 4.07. The standard InChI is InChI=1S/C16H11BrN2/c17-12-7-5-10(6-8-12)15-14-9-11-3-1-2-4-13(11)16(14)19-18-15/h1-8H,9H2,(H,18,19). The van der Waals surface area contributed by atoms with Gasteiger partial charge >= 0.3 is 0 Å². The van der Waals surface area contributed by atoms with Gasteiger partial charge in [0.1, 0.15) is 0 Å². The number of hydrogen-bond donors (Lipinski definition) is 1. The van der Waals surface area contributed by atoms with Crippen LogP contribution in [0.25, 0.3) is 22.5 Å². The van der Waals surface area contributed by atoms with Gasteiger partial charge in [-0.15, -0.1) is 0 Å². The largest absolute Gasteiger partial charge is 0.277 e. The lowest BCUT2D eigenvalue weighted by Crippen LogP contribution is -1.86. The molecule has 0 radical (unpaired) electrons. The van der Waals surface area contributed by atoms with Crippen LogP contribution in [0, 0.1) is 0 Å². The Morgan fingerprint density at radius 1 is 1.00 bits per heavy atom. The maximum Gasteiger partial charge on any atom is 0.0962 e. The quantitative estimate of drug-likeness (QED) is 0.554. The zero-order valence-corrected chi connectivity index (χ0v) is 11.7. The first-order chi connectivity index (χ1) is 9.33. The van der Waals surface area contributed by atoms with E-state index in [0.717, 1.165) is 22.2 Å². The number of benzene rings is 2. The Labute approximate surface area is 119 Å². The van der Waals surface area contributed by atoms with E-state index >= 15 is 0 Å². The highest BCUT2D eigenvalue weighted by molar-refractivity contribution is 9.10. The number of aromatic amines is 1. The Morgan fingerprint density at radius 2 is 1.79 bits per heavy atom. The molecule has 0 saturated carbocycles. The van der Waals surface area contributed by atoms with E-state index in [1.807, 2.05) is 0 Å². The van der Waals surface area contributed by atoms with Crippen molar-refractivity contribution < 1.29 is 0 Å². The third-order valence-corrected chi connectivity index (χ3v) is 4.17. The van der Waals surface area contributed by atoms with Crippen molar-refractivity contribution in [1.29, 1.82) is 0 Å². The summed E-state index contributed by atoms with van der Waals surface area (Å²) >= 11 is 3.47. The van der Waals surface area contributed by atoms with E-state index in [0.29, 0.717) is 0 Å². The van der Waals surface area contributed by atoms with Gasteiger partial charge in [-0.2, -0.15) is 5.10 Å². The number of hydrogen-bond acceptors (Lipinski definition) is 1. The second-order valence-corrected chi connectivity index (χ2v) is 5.68. The second-order valence-electron chi connectivity index (χ2n) is 4.77. The van der Waals surface area contributed by atoms with E-state index in [9.17, 15) is 0 Å². The molecule has 1 aliphatic rings. The molecule has 1 N–H and O–H groups in total. The summed E-state index contributed by atoms with van der Waals surface area (Å²) in [5.41, 5.74) is 7.38. The van der Waals surface area contributed by atoms with Gasteiger partial charge < -0.3 is 0 Å². The lowest BCUT2D eigenvalue weighted by Gasteiger charge is -2.00. The Hall–Kier alpha value is -1.87. The number of H-pyrrole nitrogens is 1. The molecule has 19 heavy (non-hydrogen) atoms. The van der Waals surface area contributed by atoms with E-state index in [2.05, 4.69) is 74.7 Å². The van der Waals surface area contributed by atoms with Crippen LogP contribution in [0.2, 0.25) is 0 Å². The molecule has 1 aliphatic carbocycles. The topological polar surface area (TPSA) is 28.7 Å². The number of nitrogens with one attached hydrogen (secondary N) is 1. The van der Waals surface area contributed by atoms with Gasteiger partial charge in [0.25, 0.3) is 0 Å². The fourth-order valence-corrected chi connectivity index (χ4v) is 2.98. The van der Waals surface area contributed by atoms with E-state index < -0.39 is 0 Å². The number of rotatable bonds is 1. The molecular weight excluding hydrogens is 300 g/mol. The molecule has 0 unspecified atom stereocenters. The first-order valence-corrected chi connectivity index (χ1v) is 7.04. The molecule has 4 rings (SSSR count). The summed E-state index contributed by atoms with van der Waals surface area (Å²) in [5.74, 6) is 0. The van der Waals surface area contributed by atoms with Crippen LogP contribution in [-0.2, 0) is 6.42 Å². The molecule has 3 aromatic rings. The Kier molecular flexibility index (Phi) is 2.35. The van der Waals surface area contributed by atoms with Gasteiger partial charge in [-0.3, -0.25) is 5.10 Å². The molecule has 2 aromatic carbocycles. The highest BCUT2D eigenvalue weighted by atomic mass is 79.9. The molecule has 0 spiro atoms. The molecule has 0 bridgehead atoms. The summed E-state index contributed by atoms with van der Waals surface area (Å²) in [6, 6.07) is 16.8. The van der Waals surface area contributed by atoms with Crippen molar-refractivity contribution in [2.75, 3.05) is 0 Å². The molecule has 1 aromatic heterocycles. The van der Waals surface area contributed by atoms with E-state index in [-0.39, 0.29) is 0 Å². The summed E-state index contributed by atoms with van der Waals surface area (Å²) in [6.07, 6.45) is 0.966. The van der Waals surface area contributed by atoms with Crippen LogP contribution < -0.4 is 0 Å². The molecule has 92 valence electrons. The average Bonchev–Trinajstić information content (AvgIpc) is 2.98. The molecule has 3 heteroatoms. The zero-order valence-electron chi connectivity index (χ0n) is 10.2. The first kappa shape index (κ1) is 11.0. The molecule has 0 amide bonds. The number of nitrogens with zero attached hydrogens (tertiary/aromatic N) is 1. The van der Waals surface area contributed by atoms with E-state index in [1.165, 1.54) is 22.4 Å². The monoisotopic (exact) mass is 310 g/mol. The van der Waals surface area contributed by atoms with E-state index in [1.54, 1.807) is 0 Å². The van der Waals surface area contributed by atoms with Crippen LogP contribution in [0.15, 0.2) is 53.0 Å². The van der Waals surface area contributed by atoms with Gasteiger partial charge in [-0.05, 0) is 17.7 Å². The molecule has 0 atom stereocenters. The molecule has 0 fully saturated rings. The van der Waals surface area contributed by atoms with Crippen molar-refractivity contribution in [3.8, 4) is 22.5 Å². The third kappa shape index (κ3) is 1.65. The highest BCUT2D eigenvalue weighted by Crippen LogP contribution is 2.39. The lowest BCUT2D eigenvalue weighted by atomic mass is 10.1. The first-order valence-electron chi connectivity index (χ1n) is 6.24. The molecule has 0 aliphatic heterocycles. The summed E-state index contributed by atoms with van der Waals surface area (Å²) in [4.78, 5) is 0. The van der Waals surface area contributed by atoms with Crippen molar-refractivity contribution in [1.82, 2.24) is 10.2 Å². The molecular formula is C16H11BrN2. The van der Waals surface area contributed by atoms with E-state index in [4.69, 9.17) is 0 Å². The Bertz CT molecular complexity index is 757. The van der Waals surface area contributed by atoms with Crippen molar-refractivity contribution in [2.45, 2.75) is 6.42 Å². The number of aromatic nitrogens is 2. The molecule has 1 heterocycles. The van der Waals surface area contributed by atoms with Gasteiger partial charge in [0, 0.05) is 27.6 Å². The molecule has 0 saturated heterocycles. The van der Waals surface area contributed by atoms with Crippen molar-refractivity contribution in [2.24, 2.45) is 0 Å². The summed E-state index contributed by atoms with van der Waals surface area (Å²) in [6.45, 7) is 0. The van der Waals surface area contributed by atoms with Gasteiger partial charge in [0.05, 0.1) is 11.4 Å². The minimum atomic E-state index is 0.966. The lowest BCUT2D eigenvalue weighted by molar-refractivity contribution is 1.09. The predicted octanol–water partition coefficient (Wildman–Crippen LogP) is 4.41. The Balaban J connectivity index is 1.87. The van der Waals surface area contributed by atoms with Crippen molar-refractivity contribution in [3.63, 3.8) is 0 Å². The van der Waals surface area contributed by atoms with Gasteiger partial charge in [0.15, 0.2) is 0 Å². The van der Waals surface area contributed by atoms with Crippen molar-refractivity contribution >= 4 is 15.9 Å². The predicted molar refractivity (Wildman–Crippen MR) is 80.0 cm³/mol. The van der Waals surface area contributed by atoms with Gasteiger partial charge in [0.2, 0.25) is 0 Å². The maximum absolute atomic E-state index is 4.50. The Morgan fingerprint density at radius 3 is 2.63 bits per heavy atom. The summed E-state index contributed by atoms with van der Waals surface area (Å²) in [5, 5.41) is 7.69. The van der Waals surface area contributed by atoms with Crippen LogP contribution in [0.1, 0.15) is 11.1 Å². The van der Waals surface area contributed by atoms with Crippen LogP contribution >= 0.6 is 15.9 Å². The minimum absolute atomic E-state index is 0.966. The van der Waals surface area contributed by atoms with Gasteiger partial charge in [-0.25, -0.2) is 0 Å². The third-order valence-electron chi connectivity index (χ3n) is 3.64. The fraction of sp³-hybridized carbons (Fsp3) is 0.0625. The smallest absolute Gasteiger partial charge is 0.0962 e. The van der Waals surface area contributed by atoms with Crippen LogP contribution in [0.4, 0.5) is 0 Å². The maximum atomic E-state index is 4.50. The van der Waals surface area contributed by atoms with Gasteiger partial charge in [-0.1, -0.05) is 52.3 Å². The molecule has 2 nitrogen and oxygen atoms in total. The summed E-state index contributed by atoms with van der Waals surface area (Å²) in [7, 11) is 0. The number of fused-ring (bicyclic) bond motifs is 3. The van der Waals surface area contributed by atoms with Crippen LogP contribution in [0.3, 0.4) is 0 Å². The number of halogens is 1. The van der Waals surface area contributed by atoms with Crippen LogP contribution in [0.5, 0.6) is 0 Å². The minimum Gasteiger partial charge on any atom is -0.277 e. The highest BCUT2D eigenvalue weighted by Gasteiger charge is 2.24. The average molecular weight is 311 g/mol.